The Bertz CT molecular complexity index is 294. The van der Waals surface area contributed by atoms with Crippen LogP contribution in [0.1, 0.15) is 18.1 Å². The number of hydrogen-bond donors (Lipinski definition) is 0. The molecule has 0 bridgehead atoms. The molecule has 2 heteroatoms. The SMILES string of the molecule is COC(C)COc1cccc(C)c1C. The maximum Gasteiger partial charge on any atom is 0.122 e. The fourth-order valence-electron chi connectivity index (χ4n) is 1.16. The van der Waals surface area contributed by atoms with Crippen molar-refractivity contribution in [2.75, 3.05) is 13.7 Å². The van der Waals surface area contributed by atoms with E-state index in [2.05, 4.69) is 19.9 Å². The number of rotatable bonds is 4. The van der Waals surface area contributed by atoms with Crippen molar-refractivity contribution in [3.63, 3.8) is 0 Å². The molecule has 1 unspecified atom stereocenters. The van der Waals surface area contributed by atoms with Crippen molar-refractivity contribution in [2.24, 2.45) is 0 Å². The van der Waals surface area contributed by atoms with Crippen LogP contribution in [0.5, 0.6) is 5.75 Å². The molecule has 0 N–H and O–H groups in total. The lowest BCUT2D eigenvalue weighted by molar-refractivity contribution is 0.0714. The van der Waals surface area contributed by atoms with Crippen LogP contribution < -0.4 is 4.74 Å². The van der Waals surface area contributed by atoms with Gasteiger partial charge in [0.25, 0.3) is 0 Å². The zero-order chi connectivity index (χ0) is 10.6. The number of hydrogen-bond acceptors (Lipinski definition) is 2. The first-order valence-electron chi connectivity index (χ1n) is 4.87. The van der Waals surface area contributed by atoms with Crippen LogP contribution in [-0.2, 0) is 4.74 Å². The second-order valence-corrected chi connectivity index (χ2v) is 3.56. The van der Waals surface area contributed by atoms with Crippen LogP contribution in [0.2, 0.25) is 0 Å². The summed E-state index contributed by atoms with van der Waals surface area (Å²) < 4.78 is 10.8. The second-order valence-electron chi connectivity index (χ2n) is 3.56. The Balaban J connectivity index is 2.63. The molecule has 0 amide bonds. The lowest BCUT2D eigenvalue weighted by Gasteiger charge is -2.14. The maximum absolute atomic E-state index is 5.65. The largest absolute Gasteiger partial charge is 0.491 e. The summed E-state index contributed by atoms with van der Waals surface area (Å²) in [6.45, 7) is 6.75. The van der Waals surface area contributed by atoms with Crippen molar-refractivity contribution in [1.29, 1.82) is 0 Å². The zero-order valence-corrected chi connectivity index (χ0v) is 9.33. The van der Waals surface area contributed by atoms with Gasteiger partial charge in [0.15, 0.2) is 0 Å². The fraction of sp³-hybridized carbons (Fsp3) is 0.500. The first-order valence-corrected chi connectivity index (χ1v) is 4.87. The Morgan fingerprint density at radius 2 is 2.00 bits per heavy atom. The zero-order valence-electron chi connectivity index (χ0n) is 9.33. The van der Waals surface area contributed by atoms with Gasteiger partial charge in [-0.15, -0.1) is 0 Å². The molecule has 0 aromatic heterocycles. The monoisotopic (exact) mass is 194 g/mol. The summed E-state index contributed by atoms with van der Waals surface area (Å²) in [4.78, 5) is 0. The van der Waals surface area contributed by atoms with Crippen molar-refractivity contribution < 1.29 is 9.47 Å². The van der Waals surface area contributed by atoms with E-state index in [0.29, 0.717) is 6.61 Å². The van der Waals surface area contributed by atoms with Crippen LogP contribution >= 0.6 is 0 Å². The summed E-state index contributed by atoms with van der Waals surface area (Å²) in [5.74, 6) is 0.953. The van der Waals surface area contributed by atoms with Crippen molar-refractivity contribution >= 4 is 0 Å². The predicted molar refractivity (Wildman–Crippen MR) is 57.9 cm³/mol. The summed E-state index contributed by atoms with van der Waals surface area (Å²) in [5, 5.41) is 0. The third-order valence-electron chi connectivity index (χ3n) is 2.43. The van der Waals surface area contributed by atoms with Crippen LogP contribution in [0, 0.1) is 13.8 Å². The Kier molecular flexibility index (Phi) is 3.96. The highest BCUT2D eigenvalue weighted by atomic mass is 16.5. The molecule has 1 aromatic rings. The number of methoxy groups -OCH3 is 1. The fourth-order valence-corrected chi connectivity index (χ4v) is 1.16. The van der Waals surface area contributed by atoms with Gasteiger partial charge in [0.05, 0.1) is 6.10 Å². The van der Waals surface area contributed by atoms with Crippen LogP contribution in [0.15, 0.2) is 18.2 Å². The molecule has 0 saturated heterocycles. The van der Waals surface area contributed by atoms with Gasteiger partial charge in [0.2, 0.25) is 0 Å². The Labute approximate surface area is 85.8 Å². The highest BCUT2D eigenvalue weighted by Gasteiger charge is 2.04. The van der Waals surface area contributed by atoms with Crippen LogP contribution in [0.3, 0.4) is 0 Å². The quantitative estimate of drug-likeness (QED) is 0.733. The molecule has 2 nitrogen and oxygen atoms in total. The van der Waals surface area contributed by atoms with E-state index in [1.807, 2.05) is 19.1 Å². The normalized spacial score (nSPS) is 12.6. The molecule has 0 aliphatic heterocycles. The van der Waals surface area contributed by atoms with Crippen molar-refractivity contribution in [3.05, 3.63) is 29.3 Å². The third kappa shape index (κ3) is 2.74. The Hall–Kier alpha value is -1.02. The summed E-state index contributed by atoms with van der Waals surface area (Å²) >= 11 is 0. The molecule has 0 spiro atoms. The molecule has 0 fully saturated rings. The van der Waals surface area contributed by atoms with Gasteiger partial charge in [-0.3, -0.25) is 0 Å². The first kappa shape index (κ1) is 11.1. The van der Waals surface area contributed by atoms with Gasteiger partial charge in [-0.2, -0.15) is 0 Å². The van der Waals surface area contributed by atoms with E-state index in [1.165, 1.54) is 11.1 Å². The van der Waals surface area contributed by atoms with E-state index in [1.54, 1.807) is 7.11 Å². The molecule has 1 aromatic carbocycles. The average Bonchev–Trinajstić information content (AvgIpc) is 2.20. The van der Waals surface area contributed by atoms with E-state index in [0.717, 1.165) is 5.75 Å². The van der Waals surface area contributed by atoms with Gasteiger partial charge in [-0.25, -0.2) is 0 Å². The summed E-state index contributed by atoms with van der Waals surface area (Å²) in [6, 6.07) is 6.09. The lowest BCUT2D eigenvalue weighted by atomic mass is 10.1. The van der Waals surface area contributed by atoms with E-state index in [9.17, 15) is 0 Å². The molecule has 0 heterocycles. The molecule has 0 radical (unpaired) electrons. The van der Waals surface area contributed by atoms with Crippen molar-refractivity contribution in [2.45, 2.75) is 26.9 Å². The molecule has 0 saturated carbocycles. The van der Waals surface area contributed by atoms with E-state index >= 15 is 0 Å². The summed E-state index contributed by atoms with van der Waals surface area (Å²) in [7, 11) is 1.69. The highest BCUT2D eigenvalue weighted by molar-refractivity contribution is 5.38. The van der Waals surface area contributed by atoms with E-state index in [-0.39, 0.29) is 6.10 Å². The van der Waals surface area contributed by atoms with Gasteiger partial charge in [-0.05, 0) is 38.0 Å². The van der Waals surface area contributed by atoms with Crippen LogP contribution in [-0.4, -0.2) is 19.8 Å². The smallest absolute Gasteiger partial charge is 0.122 e. The maximum atomic E-state index is 5.65. The Morgan fingerprint density at radius 1 is 1.29 bits per heavy atom. The van der Waals surface area contributed by atoms with Crippen molar-refractivity contribution in [3.8, 4) is 5.75 Å². The minimum absolute atomic E-state index is 0.134. The van der Waals surface area contributed by atoms with Crippen LogP contribution in [0.4, 0.5) is 0 Å². The van der Waals surface area contributed by atoms with Crippen LogP contribution in [0.25, 0.3) is 0 Å². The number of aryl methyl sites for hydroxylation is 1. The molecular formula is C12H18O2. The predicted octanol–water partition coefficient (Wildman–Crippen LogP) is 2.72. The molecule has 0 aliphatic carbocycles. The van der Waals surface area contributed by atoms with E-state index in [4.69, 9.17) is 9.47 Å². The van der Waals surface area contributed by atoms with Gasteiger partial charge in [0, 0.05) is 7.11 Å². The lowest BCUT2D eigenvalue weighted by Crippen LogP contribution is -2.16. The first-order chi connectivity index (χ1) is 6.65. The highest BCUT2D eigenvalue weighted by Crippen LogP contribution is 2.20. The minimum atomic E-state index is 0.134. The number of ether oxygens (including phenoxy) is 2. The van der Waals surface area contributed by atoms with Gasteiger partial charge >= 0.3 is 0 Å². The summed E-state index contributed by atoms with van der Waals surface area (Å²) in [6.07, 6.45) is 0.134. The molecule has 14 heavy (non-hydrogen) atoms. The molecule has 1 rings (SSSR count). The molecule has 0 aliphatic rings. The van der Waals surface area contributed by atoms with Gasteiger partial charge < -0.3 is 9.47 Å². The third-order valence-corrected chi connectivity index (χ3v) is 2.43. The summed E-state index contributed by atoms with van der Waals surface area (Å²) in [5.41, 5.74) is 2.46. The minimum Gasteiger partial charge on any atom is -0.491 e. The van der Waals surface area contributed by atoms with E-state index < -0.39 is 0 Å². The van der Waals surface area contributed by atoms with Crippen molar-refractivity contribution in [1.82, 2.24) is 0 Å². The molecular weight excluding hydrogens is 176 g/mol. The standard InChI is InChI=1S/C12H18O2/c1-9-6-5-7-12(11(9)3)14-8-10(2)13-4/h5-7,10H,8H2,1-4H3. The second kappa shape index (κ2) is 5.01. The molecule has 1 atom stereocenters. The molecule has 78 valence electrons. The van der Waals surface area contributed by atoms with Gasteiger partial charge in [-0.1, -0.05) is 12.1 Å². The van der Waals surface area contributed by atoms with Gasteiger partial charge in [0.1, 0.15) is 12.4 Å². The number of benzene rings is 1. The topological polar surface area (TPSA) is 18.5 Å². The average molecular weight is 194 g/mol. The Morgan fingerprint density at radius 3 is 2.64 bits per heavy atom.